The Kier molecular flexibility index (Phi) is 17.2. The Balaban J connectivity index is 3.26. The predicted molar refractivity (Wildman–Crippen MR) is 98.8 cm³/mol. The van der Waals surface area contributed by atoms with Crippen molar-refractivity contribution in [3.8, 4) is 0 Å². The molecule has 0 saturated heterocycles. The van der Waals surface area contributed by atoms with Gasteiger partial charge in [-0.05, 0) is 6.42 Å². The van der Waals surface area contributed by atoms with E-state index in [1.165, 1.54) is 64.2 Å². The van der Waals surface area contributed by atoms with E-state index in [-0.39, 0.29) is 6.42 Å². The van der Waals surface area contributed by atoms with E-state index in [4.69, 9.17) is 10.2 Å². The molecule has 5 nitrogen and oxygen atoms in total. The molecular weight excluding hydrogens is 320 g/mol. The number of hydrogen-bond donors (Lipinski definition) is 2. The topological polar surface area (TPSA) is 83.8 Å². The smallest absolute Gasteiger partial charge is 0.345 e. The minimum Gasteiger partial charge on any atom is -0.393 e. The Labute approximate surface area is 153 Å². The lowest BCUT2D eigenvalue weighted by atomic mass is 10.0. The second-order valence-corrected chi connectivity index (χ2v) is 6.69. The molecule has 0 heterocycles. The lowest BCUT2D eigenvalue weighted by Crippen LogP contribution is -2.28. The molecule has 5 heteroatoms. The van der Waals surface area contributed by atoms with Gasteiger partial charge in [0.25, 0.3) is 0 Å². The highest BCUT2D eigenvalue weighted by Crippen LogP contribution is 2.13. The Morgan fingerprint density at radius 1 is 0.760 bits per heavy atom. The van der Waals surface area contributed by atoms with E-state index in [2.05, 4.69) is 11.7 Å². The third kappa shape index (κ3) is 16.3. The van der Waals surface area contributed by atoms with Crippen molar-refractivity contribution in [2.45, 2.75) is 102 Å². The van der Waals surface area contributed by atoms with Crippen LogP contribution in [0.2, 0.25) is 0 Å². The Bertz CT molecular complexity index is 330. The largest absolute Gasteiger partial charge is 0.393 e. The molecule has 0 aliphatic carbocycles. The summed E-state index contributed by atoms with van der Waals surface area (Å²) >= 11 is 0. The Morgan fingerprint density at radius 3 is 1.56 bits per heavy atom. The molecule has 2 N–H and O–H groups in total. The number of aliphatic hydroxyl groups is 2. The first-order chi connectivity index (χ1) is 12.1. The first-order valence-corrected chi connectivity index (χ1v) is 9.94. The van der Waals surface area contributed by atoms with Crippen LogP contribution in [0.15, 0.2) is 0 Å². The molecule has 0 aliphatic rings. The minimum absolute atomic E-state index is 0.179. The molecule has 0 aromatic heterocycles. The van der Waals surface area contributed by atoms with E-state index in [0.717, 1.165) is 19.3 Å². The van der Waals surface area contributed by atoms with Crippen molar-refractivity contribution in [1.82, 2.24) is 0 Å². The SMILES string of the molecule is [CH2]CCCCCCCCCCCCCCCC(=O)OC(=O)C(O)CO. The van der Waals surface area contributed by atoms with E-state index < -0.39 is 24.6 Å². The number of aliphatic hydroxyl groups excluding tert-OH is 2. The fraction of sp³-hybridized carbons (Fsp3) is 0.850. The zero-order valence-corrected chi connectivity index (χ0v) is 15.7. The highest BCUT2D eigenvalue weighted by molar-refractivity contribution is 5.87. The van der Waals surface area contributed by atoms with Crippen LogP contribution in [0.4, 0.5) is 0 Å². The molecule has 0 aromatic carbocycles. The first kappa shape index (κ1) is 24.1. The van der Waals surface area contributed by atoms with Crippen molar-refractivity contribution in [3.05, 3.63) is 6.92 Å². The van der Waals surface area contributed by atoms with Crippen LogP contribution in [-0.4, -0.2) is 34.9 Å². The molecule has 0 bridgehead atoms. The minimum atomic E-state index is -1.63. The summed E-state index contributed by atoms with van der Waals surface area (Å²) < 4.78 is 4.43. The summed E-state index contributed by atoms with van der Waals surface area (Å²) in [4.78, 5) is 22.4. The molecule has 0 aromatic rings. The van der Waals surface area contributed by atoms with E-state index in [1.807, 2.05) is 0 Å². The van der Waals surface area contributed by atoms with Gasteiger partial charge in [-0.25, -0.2) is 4.79 Å². The lowest BCUT2D eigenvalue weighted by Gasteiger charge is -2.06. The Morgan fingerprint density at radius 2 is 1.16 bits per heavy atom. The maximum absolute atomic E-state index is 11.4. The summed E-state index contributed by atoms with van der Waals surface area (Å²) in [7, 11) is 0. The molecular formula is C20H37O5. The molecule has 25 heavy (non-hydrogen) atoms. The third-order valence-electron chi connectivity index (χ3n) is 4.29. The van der Waals surface area contributed by atoms with Crippen molar-refractivity contribution < 1.29 is 24.5 Å². The van der Waals surface area contributed by atoms with Gasteiger partial charge in [-0.1, -0.05) is 90.4 Å². The van der Waals surface area contributed by atoms with E-state index in [1.54, 1.807) is 0 Å². The fourth-order valence-corrected chi connectivity index (χ4v) is 2.70. The van der Waals surface area contributed by atoms with Gasteiger partial charge in [-0.3, -0.25) is 4.79 Å². The first-order valence-electron chi connectivity index (χ1n) is 9.94. The van der Waals surface area contributed by atoms with Crippen LogP contribution < -0.4 is 0 Å². The number of rotatable bonds is 17. The van der Waals surface area contributed by atoms with Gasteiger partial charge in [-0.2, -0.15) is 0 Å². The molecule has 0 fully saturated rings. The maximum Gasteiger partial charge on any atom is 0.345 e. The van der Waals surface area contributed by atoms with Gasteiger partial charge in [0.15, 0.2) is 6.10 Å². The van der Waals surface area contributed by atoms with E-state index in [9.17, 15) is 9.59 Å². The number of carbonyl (C=O) groups excluding carboxylic acids is 2. The van der Waals surface area contributed by atoms with Gasteiger partial charge in [0.2, 0.25) is 0 Å². The molecule has 1 radical (unpaired) electrons. The molecule has 0 spiro atoms. The molecule has 0 rings (SSSR count). The summed E-state index contributed by atoms with van der Waals surface area (Å²) in [6.07, 6.45) is 15.3. The average molecular weight is 358 g/mol. The van der Waals surface area contributed by atoms with E-state index >= 15 is 0 Å². The van der Waals surface area contributed by atoms with Crippen LogP contribution in [0, 0.1) is 6.92 Å². The molecule has 0 aliphatic heterocycles. The third-order valence-corrected chi connectivity index (χ3v) is 4.29. The molecule has 0 amide bonds. The lowest BCUT2D eigenvalue weighted by molar-refractivity contribution is -0.167. The van der Waals surface area contributed by atoms with Crippen LogP contribution in [0.25, 0.3) is 0 Å². The number of esters is 2. The van der Waals surface area contributed by atoms with Crippen molar-refractivity contribution in [2.24, 2.45) is 0 Å². The second kappa shape index (κ2) is 17.9. The number of unbranched alkanes of at least 4 members (excludes halogenated alkanes) is 13. The van der Waals surface area contributed by atoms with Crippen LogP contribution in [-0.2, 0) is 14.3 Å². The molecule has 147 valence electrons. The maximum atomic E-state index is 11.4. The van der Waals surface area contributed by atoms with Crippen LogP contribution in [0.1, 0.15) is 96.3 Å². The normalized spacial score (nSPS) is 12.1. The summed E-state index contributed by atoms with van der Waals surface area (Å²) in [6, 6.07) is 0. The van der Waals surface area contributed by atoms with Crippen molar-refractivity contribution in [2.75, 3.05) is 6.61 Å². The zero-order chi connectivity index (χ0) is 18.8. The Hall–Kier alpha value is -0.940. The summed E-state index contributed by atoms with van der Waals surface area (Å²) in [6.45, 7) is 3.12. The number of hydrogen-bond acceptors (Lipinski definition) is 5. The van der Waals surface area contributed by atoms with Gasteiger partial charge >= 0.3 is 11.9 Å². The van der Waals surface area contributed by atoms with Gasteiger partial charge in [0.05, 0.1) is 6.61 Å². The van der Waals surface area contributed by atoms with Crippen molar-refractivity contribution in [3.63, 3.8) is 0 Å². The molecule has 0 saturated carbocycles. The highest BCUT2D eigenvalue weighted by atomic mass is 16.6. The average Bonchev–Trinajstić information content (AvgIpc) is 2.61. The quantitative estimate of drug-likeness (QED) is 0.233. The van der Waals surface area contributed by atoms with Crippen LogP contribution in [0.3, 0.4) is 0 Å². The molecule has 1 atom stereocenters. The summed E-state index contributed by atoms with van der Waals surface area (Å²) in [5.74, 6) is -1.71. The van der Waals surface area contributed by atoms with Gasteiger partial charge in [-0.15, -0.1) is 0 Å². The summed E-state index contributed by atoms with van der Waals surface area (Å²) in [5, 5.41) is 17.6. The predicted octanol–water partition coefficient (Wildman–Crippen LogP) is 4.09. The van der Waals surface area contributed by atoms with E-state index in [0.29, 0.717) is 6.42 Å². The van der Waals surface area contributed by atoms with Crippen molar-refractivity contribution in [1.29, 1.82) is 0 Å². The van der Waals surface area contributed by atoms with Gasteiger partial charge in [0, 0.05) is 6.42 Å². The second-order valence-electron chi connectivity index (χ2n) is 6.69. The van der Waals surface area contributed by atoms with Gasteiger partial charge in [0.1, 0.15) is 0 Å². The van der Waals surface area contributed by atoms with Gasteiger partial charge < -0.3 is 14.9 Å². The molecule has 1 unspecified atom stereocenters. The number of carbonyl (C=O) groups is 2. The standard InChI is InChI=1S/C20H37O5/c1-2-3-4-5-6-7-8-9-10-11-12-13-14-15-16-19(23)25-20(24)18(22)17-21/h18,21-22H,1-17H2. The van der Waals surface area contributed by atoms with Crippen LogP contribution in [0.5, 0.6) is 0 Å². The fourth-order valence-electron chi connectivity index (χ4n) is 2.70. The highest BCUT2D eigenvalue weighted by Gasteiger charge is 2.18. The monoisotopic (exact) mass is 357 g/mol. The number of ether oxygens (including phenoxy) is 1. The summed E-state index contributed by atoms with van der Waals surface area (Å²) in [5.41, 5.74) is 0. The van der Waals surface area contributed by atoms with Crippen molar-refractivity contribution >= 4 is 11.9 Å². The van der Waals surface area contributed by atoms with Crippen LogP contribution >= 0.6 is 0 Å². The zero-order valence-electron chi connectivity index (χ0n) is 15.7.